The summed E-state index contributed by atoms with van der Waals surface area (Å²) in [7, 11) is -0.569. The average molecular weight is 611 g/mol. The summed E-state index contributed by atoms with van der Waals surface area (Å²) in [6.07, 6.45) is 13.9. The van der Waals surface area contributed by atoms with E-state index in [1.54, 1.807) is 18.3 Å². The van der Waals surface area contributed by atoms with Crippen molar-refractivity contribution < 1.29 is 23.7 Å². The van der Waals surface area contributed by atoms with Crippen LogP contribution in [0.2, 0.25) is 0 Å². The first-order valence-electron chi connectivity index (χ1n) is 17.1. The van der Waals surface area contributed by atoms with E-state index in [2.05, 4.69) is 62.5 Å². The number of rotatable bonds is 17. The molecule has 2 bridgehead atoms. The fourth-order valence-electron chi connectivity index (χ4n) is 7.61. The molecule has 4 fully saturated rings. The molecule has 0 aromatic carbocycles. The molecule has 0 radical (unpaired) electrons. The molecule has 1 saturated heterocycles. The van der Waals surface area contributed by atoms with Gasteiger partial charge in [0, 0.05) is 25.4 Å². The monoisotopic (exact) mass is 610 g/mol. The second kappa shape index (κ2) is 15.2. The maximum atomic E-state index is 13.8. The van der Waals surface area contributed by atoms with Gasteiger partial charge in [-0.15, -0.1) is 0 Å². The van der Waals surface area contributed by atoms with Crippen LogP contribution in [0.5, 0.6) is 0 Å². The molecule has 0 unspecified atom stereocenters. The maximum Gasteiger partial charge on any atom is 0.481 e. The molecule has 2 heterocycles. The van der Waals surface area contributed by atoms with Crippen molar-refractivity contribution in [2.75, 3.05) is 6.54 Å². The molecule has 6 atom stereocenters. The molecule has 1 aromatic rings. The molecule has 10 heteroatoms. The van der Waals surface area contributed by atoms with Gasteiger partial charge in [0.1, 0.15) is 6.04 Å². The molecule has 3 saturated carbocycles. The van der Waals surface area contributed by atoms with Gasteiger partial charge in [0.15, 0.2) is 0 Å². The van der Waals surface area contributed by atoms with Gasteiger partial charge in [-0.25, -0.2) is 0 Å². The Hall–Kier alpha value is -2.46. The van der Waals surface area contributed by atoms with E-state index in [1.165, 1.54) is 31.9 Å². The number of aromatic nitrogens is 1. The van der Waals surface area contributed by atoms with Crippen LogP contribution in [-0.2, 0) is 18.9 Å². The van der Waals surface area contributed by atoms with E-state index in [0.29, 0.717) is 30.2 Å². The van der Waals surface area contributed by atoms with E-state index in [1.807, 2.05) is 0 Å². The molecule has 1 aliphatic heterocycles. The quantitative estimate of drug-likeness (QED) is 0.164. The Morgan fingerprint density at radius 1 is 1.05 bits per heavy atom. The lowest BCUT2D eigenvalue weighted by Crippen LogP contribution is -2.65. The zero-order chi connectivity index (χ0) is 31.9. The third-order valence-electron chi connectivity index (χ3n) is 10.4. The molecule has 1 aromatic heterocycles. The number of amides is 3. The van der Waals surface area contributed by atoms with Crippen LogP contribution in [-0.4, -0.2) is 60.1 Å². The van der Waals surface area contributed by atoms with Gasteiger partial charge in [0.2, 0.25) is 11.8 Å². The third-order valence-corrected chi connectivity index (χ3v) is 10.4. The number of pyridine rings is 1. The number of carbonyl (C=O) groups excluding carboxylic acids is 3. The minimum Gasteiger partial charge on any atom is -0.404 e. The Morgan fingerprint density at radius 2 is 1.77 bits per heavy atom. The fraction of sp³-hybridized carbons (Fsp3) is 0.765. The van der Waals surface area contributed by atoms with Crippen LogP contribution >= 0.6 is 0 Å². The molecule has 44 heavy (non-hydrogen) atoms. The highest BCUT2D eigenvalue weighted by atomic mass is 16.7. The zero-order valence-electron chi connectivity index (χ0n) is 27.8. The lowest BCUT2D eigenvalue weighted by molar-refractivity contribution is -0.199. The van der Waals surface area contributed by atoms with Crippen LogP contribution in [0.25, 0.3) is 0 Å². The van der Waals surface area contributed by atoms with Crippen molar-refractivity contribution in [2.24, 2.45) is 23.2 Å². The second-order valence-corrected chi connectivity index (χ2v) is 14.5. The van der Waals surface area contributed by atoms with E-state index in [0.717, 1.165) is 32.1 Å². The molecule has 4 aliphatic rings. The predicted molar refractivity (Wildman–Crippen MR) is 173 cm³/mol. The molecule has 5 rings (SSSR count). The largest absolute Gasteiger partial charge is 0.481 e. The summed E-state index contributed by atoms with van der Waals surface area (Å²) in [5, 5.41) is 8.88. The summed E-state index contributed by atoms with van der Waals surface area (Å²) in [5.74, 6) is 0.0454. The van der Waals surface area contributed by atoms with Crippen LogP contribution < -0.4 is 16.0 Å². The van der Waals surface area contributed by atoms with Crippen LogP contribution in [0.4, 0.5) is 0 Å². The molecule has 9 nitrogen and oxygen atoms in total. The van der Waals surface area contributed by atoms with Gasteiger partial charge in [-0.05, 0) is 67.9 Å². The smallest absolute Gasteiger partial charge is 0.404 e. The molecular formula is C34H55BN4O5. The highest BCUT2D eigenvalue weighted by molar-refractivity contribution is 6.48. The lowest BCUT2D eigenvalue weighted by atomic mass is 9.43. The highest BCUT2D eigenvalue weighted by Crippen LogP contribution is 2.65. The Labute approximate surface area is 264 Å². The SMILES string of the molecule is CCCCCCCCCC(=O)N[C@@H](CNC(=O)c1cccnc1)C(=O)N[C@@H](CC(C)C)B1O[C@@H]2C[C@@H]3C[C@@H](C3(C)C)[C@]2(C)O1. The van der Waals surface area contributed by atoms with Crippen LogP contribution in [0, 0.1) is 23.2 Å². The molecule has 3 aliphatic carbocycles. The Kier molecular flexibility index (Phi) is 11.9. The Bertz CT molecular complexity index is 1120. The van der Waals surface area contributed by atoms with Gasteiger partial charge in [-0.1, -0.05) is 73.1 Å². The number of hydrogen-bond donors (Lipinski definition) is 3. The summed E-state index contributed by atoms with van der Waals surface area (Å²) in [5.41, 5.74) is 0.228. The Morgan fingerprint density at radius 3 is 2.43 bits per heavy atom. The Balaban J connectivity index is 1.40. The van der Waals surface area contributed by atoms with Gasteiger partial charge in [0.25, 0.3) is 5.91 Å². The minimum atomic E-state index is -0.937. The normalized spacial score (nSPS) is 26.3. The summed E-state index contributed by atoms with van der Waals surface area (Å²) < 4.78 is 13.3. The predicted octanol–water partition coefficient (Wildman–Crippen LogP) is 5.24. The highest BCUT2D eigenvalue weighted by Gasteiger charge is 2.68. The van der Waals surface area contributed by atoms with E-state index >= 15 is 0 Å². The van der Waals surface area contributed by atoms with Gasteiger partial charge in [-0.3, -0.25) is 19.4 Å². The first kappa shape index (κ1) is 34.4. The molecule has 244 valence electrons. The van der Waals surface area contributed by atoms with Gasteiger partial charge in [0.05, 0.1) is 23.2 Å². The second-order valence-electron chi connectivity index (χ2n) is 14.5. The average Bonchev–Trinajstić information content (AvgIpc) is 3.35. The van der Waals surface area contributed by atoms with Crippen molar-refractivity contribution in [1.29, 1.82) is 0 Å². The van der Waals surface area contributed by atoms with Crippen molar-refractivity contribution in [2.45, 2.75) is 136 Å². The molecule has 3 N–H and O–H groups in total. The number of nitrogens with one attached hydrogen (secondary N) is 3. The summed E-state index contributed by atoms with van der Waals surface area (Å²) in [6.45, 7) is 13.2. The lowest BCUT2D eigenvalue weighted by Gasteiger charge is -2.64. The maximum absolute atomic E-state index is 13.8. The first-order valence-corrected chi connectivity index (χ1v) is 17.1. The topological polar surface area (TPSA) is 119 Å². The third kappa shape index (κ3) is 8.22. The number of unbranched alkanes of at least 4 members (excludes halogenated alkanes) is 6. The molecule has 3 amide bonds. The number of hydrogen-bond acceptors (Lipinski definition) is 6. The zero-order valence-corrected chi connectivity index (χ0v) is 27.8. The van der Waals surface area contributed by atoms with E-state index in [-0.39, 0.29) is 53.2 Å². The summed E-state index contributed by atoms with van der Waals surface area (Å²) in [6, 6.07) is 2.41. The van der Waals surface area contributed by atoms with E-state index < -0.39 is 13.2 Å². The molecular weight excluding hydrogens is 555 g/mol. The van der Waals surface area contributed by atoms with Crippen LogP contribution in [0.3, 0.4) is 0 Å². The summed E-state index contributed by atoms with van der Waals surface area (Å²) >= 11 is 0. The van der Waals surface area contributed by atoms with E-state index in [4.69, 9.17) is 9.31 Å². The van der Waals surface area contributed by atoms with Crippen LogP contribution in [0.15, 0.2) is 24.5 Å². The van der Waals surface area contributed by atoms with Gasteiger partial charge < -0.3 is 25.3 Å². The van der Waals surface area contributed by atoms with E-state index in [9.17, 15) is 14.4 Å². The molecule has 0 spiro atoms. The van der Waals surface area contributed by atoms with Crippen LogP contribution in [0.1, 0.15) is 123 Å². The first-order chi connectivity index (χ1) is 21.0. The fourth-order valence-corrected chi connectivity index (χ4v) is 7.61. The standard InChI is InChI=1S/C34H55BN4O5/c1-7-8-9-10-11-12-13-16-30(40)38-26(22-37-31(41)24-15-14-17-36-21-24)32(42)39-29(18-23(2)3)35-43-28-20-25-19-27(33(25,4)5)34(28,6)44-35/h14-15,17,21,23,25-29H,7-13,16,18-20,22H2,1-6H3,(H,37,41)(H,38,40)(H,39,42)/t25-,26-,27-,28+,29-,34-/m0/s1. The summed E-state index contributed by atoms with van der Waals surface area (Å²) in [4.78, 5) is 43.6. The number of carbonyl (C=O) groups is 3. The van der Waals surface area contributed by atoms with Gasteiger partial charge >= 0.3 is 7.12 Å². The number of nitrogens with zero attached hydrogens (tertiary/aromatic N) is 1. The van der Waals surface area contributed by atoms with Gasteiger partial charge in [-0.2, -0.15) is 0 Å². The van der Waals surface area contributed by atoms with Crippen molar-refractivity contribution in [3.63, 3.8) is 0 Å². The van der Waals surface area contributed by atoms with Crippen molar-refractivity contribution in [1.82, 2.24) is 20.9 Å². The minimum absolute atomic E-state index is 0.00656. The van der Waals surface area contributed by atoms with Crippen molar-refractivity contribution >= 4 is 24.8 Å². The van der Waals surface area contributed by atoms with Crippen molar-refractivity contribution in [3.05, 3.63) is 30.1 Å². The van der Waals surface area contributed by atoms with Crippen molar-refractivity contribution in [3.8, 4) is 0 Å².